The van der Waals surface area contributed by atoms with Crippen LogP contribution in [-0.2, 0) is 0 Å². The van der Waals surface area contributed by atoms with Crippen molar-refractivity contribution in [2.24, 2.45) is 0 Å². The molecule has 2 N–H and O–H groups in total. The first kappa shape index (κ1) is 14.4. The van der Waals surface area contributed by atoms with E-state index in [0.717, 1.165) is 5.56 Å². The van der Waals surface area contributed by atoms with Crippen molar-refractivity contribution in [2.45, 2.75) is 0 Å². The van der Waals surface area contributed by atoms with Crippen molar-refractivity contribution in [2.75, 3.05) is 5.32 Å². The zero-order valence-corrected chi connectivity index (χ0v) is 12.8. The molecular formula is C15H10BrFN4O. The first-order valence-corrected chi connectivity index (χ1v) is 7.15. The molecule has 0 atom stereocenters. The van der Waals surface area contributed by atoms with Gasteiger partial charge in [0.15, 0.2) is 5.82 Å². The Kier molecular flexibility index (Phi) is 3.97. The molecular weight excluding hydrogens is 351 g/mol. The average molecular weight is 361 g/mol. The fourth-order valence-corrected chi connectivity index (χ4v) is 2.26. The van der Waals surface area contributed by atoms with Crippen molar-refractivity contribution < 1.29 is 9.18 Å². The van der Waals surface area contributed by atoms with Crippen LogP contribution in [0.3, 0.4) is 0 Å². The minimum atomic E-state index is -0.579. The molecule has 22 heavy (non-hydrogen) atoms. The fraction of sp³-hybridized carbons (Fsp3) is 0. The third-order valence-electron chi connectivity index (χ3n) is 3.01. The summed E-state index contributed by atoms with van der Waals surface area (Å²) in [4.78, 5) is 16.1. The number of halogens is 2. The van der Waals surface area contributed by atoms with E-state index in [4.69, 9.17) is 0 Å². The number of aromatic amines is 1. The molecule has 7 heteroatoms. The number of hydrogen-bond donors (Lipinski definition) is 2. The van der Waals surface area contributed by atoms with E-state index in [0.29, 0.717) is 16.0 Å². The summed E-state index contributed by atoms with van der Waals surface area (Å²) in [6, 6.07) is 11.3. The second kappa shape index (κ2) is 6.07. The van der Waals surface area contributed by atoms with Crippen LogP contribution >= 0.6 is 15.9 Å². The van der Waals surface area contributed by atoms with Crippen LogP contribution in [0.25, 0.3) is 11.4 Å². The van der Waals surface area contributed by atoms with Crippen LogP contribution in [0, 0.1) is 5.82 Å². The molecule has 0 spiro atoms. The molecule has 0 radical (unpaired) electrons. The molecule has 0 fully saturated rings. The molecule has 5 nitrogen and oxygen atoms in total. The molecule has 0 aliphatic carbocycles. The number of carbonyl (C=O) groups is 1. The molecule has 1 aromatic heterocycles. The zero-order valence-electron chi connectivity index (χ0n) is 11.2. The molecule has 0 aliphatic heterocycles. The number of H-pyrrole nitrogens is 1. The maximum atomic E-state index is 13.7. The summed E-state index contributed by atoms with van der Waals surface area (Å²) in [6.45, 7) is 0. The predicted molar refractivity (Wildman–Crippen MR) is 83.9 cm³/mol. The highest BCUT2D eigenvalue weighted by molar-refractivity contribution is 9.10. The van der Waals surface area contributed by atoms with Gasteiger partial charge in [0.05, 0.1) is 5.56 Å². The van der Waals surface area contributed by atoms with Crippen molar-refractivity contribution >= 4 is 27.5 Å². The minimum Gasteiger partial charge on any atom is -0.322 e. The zero-order chi connectivity index (χ0) is 15.5. The first-order valence-electron chi connectivity index (χ1n) is 6.36. The molecule has 2 aromatic carbocycles. The van der Waals surface area contributed by atoms with Crippen LogP contribution in [0.15, 0.2) is 53.3 Å². The topological polar surface area (TPSA) is 70.7 Å². The lowest BCUT2D eigenvalue weighted by Crippen LogP contribution is -2.13. The third-order valence-corrected chi connectivity index (χ3v) is 3.50. The number of anilines is 1. The number of nitrogens with one attached hydrogen (secondary N) is 2. The summed E-state index contributed by atoms with van der Waals surface area (Å²) < 4.78 is 14.3. The first-order chi connectivity index (χ1) is 10.6. The van der Waals surface area contributed by atoms with Gasteiger partial charge >= 0.3 is 0 Å². The van der Waals surface area contributed by atoms with Gasteiger partial charge in [-0.05, 0) is 42.5 Å². The highest BCUT2D eigenvalue weighted by Crippen LogP contribution is 2.19. The lowest BCUT2D eigenvalue weighted by atomic mass is 10.1. The summed E-state index contributed by atoms with van der Waals surface area (Å²) >= 11 is 3.15. The maximum Gasteiger partial charge on any atom is 0.258 e. The molecule has 3 rings (SSSR count). The smallest absolute Gasteiger partial charge is 0.258 e. The Labute approximate surface area is 133 Å². The number of nitrogens with zero attached hydrogens (tertiary/aromatic N) is 2. The van der Waals surface area contributed by atoms with E-state index in [1.54, 1.807) is 30.3 Å². The Balaban J connectivity index is 1.77. The normalized spacial score (nSPS) is 10.5. The minimum absolute atomic E-state index is 0.0116. The number of amides is 1. The number of aromatic nitrogens is 3. The van der Waals surface area contributed by atoms with E-state index in [1.165, 1.54) is 18.5 Å². The Bertz CT molecular complexity index is 803. The molecule has 0 saturated heterocycles. The van der Waals surface area contributed by atoms with Gasteiger partial charge in [0, 0.05) is 15.7 Å². The average Bonchev–Trinajstić information content (AvgIpc) is 3.02. The van der Waals surface area contributed by atoms with E-state index < -0.39 is 11.7 Å². The Morgan fingerprint density at radius 1 is 1.18 bits per heavy atom. The molecule has 0 bridgehead atoms. The molecule has 3 aromatic rings. The van der Waals surface area contributed by atoms with E-state index >= 15 is 0 Å². The second-order valence-corrected chi connectivity index (χ2v) is 5.41. The van der Waals surface area contributed by atoms with Gasteiger partial charge in [0.25, 0.3) is 5.91 Å². The molecule has 1 heterocycles. The van der Waals surface area contributed by atoms with Gasteiger partial charge in [-0.2, -0.15) is 5.10 Å². The summed E-state index contributed by atoms with van der Waals surface area (Å²) in [5.74, 6) is -0.445. The largest absolute Gasteiger partial charge is 0.322 e. The summed E-state index contributed by atoms with van der Waals surface area (Å²) in [7, 11) is 0. The third kappa shape index (κ3) is 3.04. The monoisotopic (exact) mass is 360 g/mol. The van der Waals surface area contributed by atoms with Gasteiger partial charge in [-0.1, -0.05) is 15.9 Å². The van der Waals surface area contributed by atoms with Gasteiger partial charge in [-0.15, -0.1) is 0 Å². The van der Waals surface area contributed by atoms with Crippen LogP contribution in [0.2, 0.25) is 0 Å². The van der Waals surface area contributed by atoms with Gasteiger partial charge < -0.3 is 5.32 Å². The standard InChI is InChI=1S/C15H10BrFN4O/c16-10-3-6-12(13(17)7-10)15(22)20-11-4-1-9(2-5-11)14-18-8-19-21-14/h1-8H,(H,20,22)(H,18,19,21). The quantitative estimate of drug-likeness (QED) is 0.749. The fourth-order valence-electron chi connectivity index (χ4n) is 1.93. The molecule has 0 unspecified atom stereocenters. The van der Waals surface area contributed by atoms with Crippen LogP contribution < -0.4 is 5.32 Å². The Hall–Kier alpha value is -2.54. The Morgan fingerprint density at radius 2 is 1.95 bits per heavy atom. The molecule has 0 aliphatic rings. The number of carbonyl (C=O) groups excluding carboxylic acids is 1. The summed E-state index contributed by atoms with van der Waals surface area (Å²) in [5, 5.41) is 9.17. The number of benzene rings is 2. The summed E-state index contributed by atoms with van der Waals surface area (Å²) in [5.41, 5.74) is 1.39. The van der Waals surface area contributed by atoms with Crippen molar-refractivity contribution in [1.29, 1.82) is 0 Å². The van der Waals surface area contributed by atoms with Crippen LogP contribution in [0.4, 0.5) is 10.1 Å². The number of rotatable bonds is 3. The van der Waals surface area contributed by atoms with Gasteiger partial charge in [-0.3, -0.25) is 9.89 Å². The lowest BCUT2D eigenvalue weighted by Gasteiger charge is -2.07. The Morgan fingerprint density at radius 3 is 2.59 bits per heavy atom. The highest BCUT2D eigenvalue weighted by atomic mass is 79.9. The van der Waals surface area contributed by atoms with Crippen LogP contribution in [0.5, 0.6) is 0 Å². The van der Waals surface area contributed by atoms with Gasteiger partial charge in [-0.25, -0.2) is 9.37 Å². The van der Waals surface area contributed by atoms with Gasteiger partial charge in [0.1, 0.15) is 12.1 Å². The van der Waals surface area contributed by atoms with E-state index in [2.05, 4.69) is 36.4 Å². The van der Waals surface area contributed by atoms with E-state index in [9.17, 15) is 9.18 Å². The van der Waals surface area contributed by atoms with Crippen molar-refractivity contribution in [1.82, 2.24) is 15.2 Å². The van der Waals surface area contributed by atoms with Gasteiger partial charge in [0.2, 0.25) is 0 Å². The molecule has 110 valence electrons. The van der Waals surface area contributed by atoms with Crippen molar-refractivity contribution in [3.8, 4) is 11.4 Å². The van der Waals surface area contributed by atoms with E-state index in [-0.39, 0.29) is 5.56 Å². The van der Waals surface area contributed by atoms with Crippen LogP contribution in [0.1, 0.15) is 10.4 Å². The summed E-state index contributed by atoms with van der Waals surface area (Å²) in [6.07, 6.45) is 1.42. The molecule has 1 amide bonds. The number of hydrogen-bond acceptors (Lipinski definition) is 3. The predicted octanol–water partition coefficient (Wildman–Crippen LogP) is 3.63. The lowest BCUT2D eigenvalue weighted by molar-refractivity contribution is 0.102. The maximum absolute atomic E-state index is 13.7. The second-order valence-electron chi connectivity index (χ2n) is 4.49. The highest BCUT2D eigenvalue weighted by Gasteiger charge is 2.12. The van der Waals surface area contributed by atoms with Crippen molar-refractivity contribution in [3.05, 3.63) is 64.6 Å². The van der Waals surface area contributed by atoms with E-state index in [1.807, 2.05) is 0 Å². The van der Waals surface area contributed by atoms with Crippen LogP contribution in [-0.4, -0.2) is 21.1 Å². The van der Waals surface area contributed by atoms with Crippen molar-refractivity contribution in [3.63, 3.8) is 0 Å². The molecule has 0 saturated carbocycles. The SMILES string of the molecule is O=C(Nc1ccc(-c2ncn[nH]2)cc1)c1ccc(Br)cc1F.